The molecule has 3 atom stereocenters. The lowest BCUT2D eigenvalue weighted by Crippen LogP contribution is -2.48. The van der Waals surface area contributed by atoms with Crippen LogP contribution in [0.5, 0.6) is 0 Å². The molecule has 0 heterocycles. The number of rotatable bonds is 7. The van der Waals surface area contributed by atoms with E-state index in [1.807, 2.05) is 6.07 Å². The van der Waals surface area contributed by atoms with Gasteiger partial charge in [0.1, 0.15) is 0 Å². The molecule has 3 unspecified atom stereocenters. The number of benzene rings is 1. The Morgan fingerprint density at radius 2 is 1.68 bits per heavy atom. The summed E-state index contributed by atoms with van der Waals surface area (Å²) in [5, 5.41) is 0. The second kappa shape index (κ2) is 7.63. The molecule has 19 heavy (non-hydrogen) atoms. The first-order valence-corrected chi connectivity index (χ1v) is 7.18. The van der Waals surface area contributed by atoms with Crippen molar-refractivity contribution in [3.8, 4) is 0 Å². The molecule has 0 saturated carbocycles. The fourth-order valence-electron chi connectivity index (χ4n) is 2.79. The molecule has 0 aromatic heterocycles. The molecule has 0 bridgehead atoms. The first-order valence-electron chi connectivity index (χ1n) is 7.18. The Morgan fingerprint density at radius 3 is 2.16 bits per heavy atom. The molecule has 1 aromatic rings. The second-order valence-corrected chi connectivity index (χ2v) is 5.62. The molecule has 0 aliphatic heterocycles. The average Bonchev–Trinajstić information content (AvgIpc) is 2.38. The van der Waals surface area contributed by atoms with Crippen LogP contribution in [-0.4, -0.2) is 49.1 Å². The molecule has 3 nitrogen and oxygen atoms in total. The van der Waals surface area contributed by atoms with Gasteiger partial charge < -0.3 is 10.6 Å². The van der Waals surface area contributed by atoms with Gasteiger partial charge in [-0.05, 0) is 40.1 Å². The number of hydrogen-bond acceptors (Lipinski definition) is 3. The molecule has 0 spiro atoms. The zero-order valence-electron chi connectivity index (χ0n) is 13.0. The predicted molar refractivity (Wildman–Crippen MR) is 83.2 cm³/mol. The lowest BCUT2D eigenvalue weighted by Gasteiger charge is -2.38. The first-order chi connectivity index (χ1) is 8.97. The molecule has 0 radical (unpaired) electrons. The highest BCUT2D eigenvalue weighted by molar-refractivity contribution is 5.20. The fraction of sp³-hybridized carbons (Fsp3) is 0.625. The maximum atomic E-state index is 6.43. The molecule has 108 valence electrons. The molecule has 1 aromatic carbocycles. The van der Waals surface area contributed by atoms with E-state index in [1.54, 1.807) is 0 Å². The predicted octanol–water partition coefficient (Wildman–Crippen LogP) is 2.35. The largest absolute Gasteiger partial charge is 0.323 e. The van der Waals surface area contributed by atoms with Crippen LogP contribution in [0, 0.1) is 0 Å². The van der Waals surface area contributed by atoms with Crippen molar-refractivity contribution in [1.82, 2.24) is 9.80 Å². The van der Waals surface area contributed by atoms with Crippen molar-refractivity contribution in [3.63, 3.8) is 0 Å². The summed E-state index contributed by atoms with van der Waals surface area (Å²) in [4.78, 5) is 4.71. The van der Waals surface area contributed by atoms with Crippen LogP contribution in [0.3, 0.4) is 0 Å². The summed E-state index contributed by atoms with van der Waals surface area (Å²) in [6.45, 7) is 8.79. The first kappa shape index (κ1) is 16.2. The molecule has 0 aliphatic rings. The van der Waals surface area contributed by atoms with Crippen molar-refractivity contribution in [1.29, 1.82) is 0 Å². The molecule has 0 fully saturated rings. The Bertz CT molecular complexity index is 350. The molecule has 3 heteroatoms. The minimum absolute atomic E-state index is 0.0609. The van der Waals surface area contributed by atoms with Gasteiger partial charge in [0, 0.05) is 24.7 Å². The van der Waals surface area contributed by atoms with Crippen molar-refractivity contribution in [2.75, 3.05) is 27.2 Å². The lowest BCUT2D eigenvalue weighted by atomic mass is 9.99. The minimum Gasteiger partial charge on any atom is -0.323 e. The third-order valence-corrected chi connectivity index (χ3v) is 3.79. The van der Waals surface area contributed by atoms with E-state index < -0.39 is 0 Å². The zero-order valence-corrected chi connectivity index (χ0v) is 13.0. The van der Waals surface area contributed by atoms with Gasteiger partial charge >= 0.3 is 0 Å². The average molecular weight is 263 g/mol. The summed E-state index contributed by atoms with van der Waals surface area (Å²) >= 11 is 0. The van der Waals surface area contributed by atoms with E-state index in [9.17, 15) is 0 Å². The van der Waals surface area contributed by atoms with Crippen molar-refractivity contribution in [2.24, 2.45) is 5.73 Å². The van der Waals surface area contributed by atoms with Gasteiger partial charge in [0.15, 0.2) is 0 Å². The van der Waals surface area contributed by atoms with Crippen molar-refractivity contribution in [2.45, 2.75) is 38.9 Å². The molecule has 2 N–H and O–H groups in total. The van der Waals surface area contributed by atoms with E-state index in [0.717, 1.165) is 13.1 Å². The SMILES string of the molecule is CCN(C(C)CN(C)C)C(C)C(N)c1ccccc1. The number of likely N-dealkylation sites (N-methyl/N-ethyl adjacent to an activating group) is 2. The van der Waals surface area contributed by atoms with Gasteiger partial charge in [-0.1, -0.05) is 37.3 Å². The Hall–Kier alpha value is -0.900. The maximum absolute atomic E-state index is 6.43. The Morgan fingerprint density at radius 1 is 1.11 bits per heavy atom. The highest BCUT2D eigenvalue weighted by Crippen LogP contribution is 2.20. The number of nitrogens with two attached hydrogens (primary N) is 1. The van der Waals surface area contributed by atoms with E-state index >= 15 is 0 Å². The van der Waals surface area contributed by atoms with Gasteiger partial charge in [0.05, 0.1) is 0 Å². The number of hydrogen-bond donors (Lipinski definition) is 1. The molecule has 0 saturated heterocycles. The van der Waals surface area contributed by atoms with Crippen LogP contribution >= 0.6 is 0 Å². The van der Waals surface area contributed by atoms with Crippen molar-refractivity contribution < 1.29 is 0 Å². The highest BCUT2D eigenvalue weighted by atomic mass is 15.2. The zero-order chi connectivity index (χ0) is 14.4. The van der Waals surface area contributed by atoms with Crippen LogP contribution in [0.15, 0.2) is 30.3 Å². The van der Waals surface area contributed by atoms with E-state index in [-0.39, 0.29) is 6.04 Å². The molecule has 0 amide bonds. The van der Waals surface area contributed by atoms with Crippen LogP contribution in [0.4, 0.5) is 0 Å². The van der Waals surface area contributed by atoms with E-state index in [2.05, 4.69) is 68.9 Å². The van der Waals surface area contributed by atoms with Crippen LogP contribution in [-0.2, 0) is 0 Å². The van der Waals surface area contributed by atoms with Crippen LogP contribution < -0.4 is 5.73 Å². The van der Waals surface area contributed by atoms with Crippen LogP contribution in [0.25, 0.3) is 0 Å². The normalized spacial score (nSPS) is 16.6. The highest BCUT2D eigenvalue weighted by Gasteiger charge is 2.24. The molecular weight excluding hydrogens is 234 g/mol. The minimum atomic E-state index is 0.0609. The van der Waals surface area contributed by atoms with Gasteiger partial charge in [-0.15, -0.1) is 0 Å². The summed E-state index contributed by atoms with van der Waals surface area (Å²) in [5.41, 5.74) is 7.64. The standard InChI is InChI=1S/C16H29N3/c1-6-19(13(2)12-18(4)5)14(3)16(17)15-10-8-7-9-11-15/h7-11,13-14,16H,6,12,17H2,1-5H3. The summed E-state index contributed by atoms with van der Waals surface area (Å²) in [5.74, 6) is 0. The Kier molecular flexibility index (Phi) is 6.49. The lowest BCUT2D eigenvalue weighted by molar-refractivity contribution is 0.120. The van der Waals surface area contributed by atoms with Gasteiger partial charge in [0.2, 0.25) is 0 Å². The molecule has 1 rings (SSSR count). The van der Waals surface area contributed by atoms with Crippen LogP contribution in [0.1, 0.15) is 32.4 Å². The topological polar surface area (TPSA) is 32.5 Å². The van der Waals surface area contributed by atoms with Gasteiger partial charge in [0.25, 0.3) is 0 Å². The third kappa shape index (κ3) is 4.60. The quantitative estimate of drug-likeness (QED) is 0.819. The van der Waals surface area contributed by atoms with Gasteiger partial charge in [-0.2, -0.15) is 0 Å². The smallest absolute Gasteiger partial charge is 0.0450 e. The Labute approximate surface area is 118 Å². The fourth-order valence-corrected chi connectivity index (χ4v) is 2.79. The maximum Gasteiger partial charge on any atom is 0.0450 e. The summed E-state index contributed by atoms with van der Waals surface area (Å²) in [6.07, 6.45) is 0. The van der Waals surface area contributed by atoms with Crippen molar-refractivity contribution in [3.05, 3.63) is 35.9 Å². The monoisotopic (exact) mass is 263 g/mol. The molecular formula is C16H29N3. The van der Waals surface area contributed by atoms with Crippen LogP contribution in [0.2, 0.25) is 0 Å². The Balaban J connectivity index is 2.75. The molecule has 0 aliphatic carbocycles. The van der Waals surface area contributed by atoms with Crippen molar-refractivity contribution >= 4 is 0 Å². The summed E-state index contributed by atoms with van der Waals surface area (Å²) in [7, 11) is 4.23. The number of nitrogens with zero attached hydrogens (tertiary/aromatic N) is 2. The summed E-state index contributed by atoms with van der Waals surface area (Å²) in [6, 6.07) is 11.3. The van der Waals surface area contributed by atoms with E-state index in [1.165, 1.54) is 5.56 Å². The van der Waals surface area contributed by atoms with Gasteiger partial charge in [-0.25, -0.2) is 0 Å². The third-order valence-electron chi connectivity index (χ3n) is 3.79. The van der Waals surface area contributed by atoms with Gasteiger partial charge in [-0.3, -0.25) is 4.90 Å². The van der Waals surface area contributed by atoms with E-state index in [4.69, 9.17) is 5.73 Å². The summed E-state index contributed by atoms with van der Waals surface area (Å²) < 4.78 is 0. The second-order valence-electron chi connectivity index (χ2n) is 5.62. The van der Waals surface area contributed by atoms with E-state index in [0.29, 0.717) is 12.1 Å².